The Morgan fingerprint density at radius 3 is 2.59 bits per heavy atom. The van der Waals surface area contributed by atoms with Gasteiger partial charge in [-0.1, -0.05) is 18.2 Å². The van der Waals surface area contributed by atoms with E-state index in [1.54, 1.807) is 0 Å². The van der Waals surface area contributed by atoms with Crippen LogP contribution in [0.5, 0.6) is 5.75 Å². The average molecular weight is 239 g/mol. The topological polar surface area (TPSA) is 81.8 Å². The van der Waals surface area contributed by atoms with Gasteiger partial charge in [0.25, 0.3) is 0 Å². The van der Waals surface area contributed by atoms with E-state index in [1.165, 1.54) is 6.92 Å². The number of aliphatic carboxylic acids is 1. The van der Waals surface area contributed by atoms with Gasteiger partial charge in [-0.15, -0.1) is 0 Å². The molecule has 0 saturated heterocycles. The number of carbonyl (C=O) groups is 1. The first-order chi connectivity index (χ1) is 8.02. The van der Waals surface area contributed by atoms with Gasteiger partial charge in [-0.25, -0.2) is 0 Å². The molecule has 5 heteroatoms. The van der Waals surface area contributed by atoms with Gasteiger partial charge in [0.15, 0.2) is 0 Å². The minimum Gasteiger partial charge on any atom is -0.491 e. The van der Waals surface area contributed by atoms with Gasteiger partial charge in [-0.3, -0.25) is 4.79 Å². The number of hydrogen-bond donors (Lipinski definition) is 2. The summed E-state index contributed by atoms with van der Waals surface area (Å²) in [6, 6.07) is 9.32. The number of hydrogen-bond acceptors (Lipinski definition) is 4. The van der Waals surface area contributed by atoms with Gasteiger partial charge in [0, 0.05) is 0 Å². The molecule has 0 aromatic heterocycles. The molecule has 0 aliphatic carbocycles. The highest BCUT2D eigenvalue weighted by Crippen LogP contribution is 2.07. The lowest BCUT2D eigenvalue weighted by molar-refractivity contribution is -0.145. The summed E-state index contributed by atoms with van der Waals surface area (Å²) in [6.07, 6.45) is 0. The Balaban J connectivity index is 2.15. The SMILES string of the molecule is CC(N)(COCCOc1ccccc1)C(=O)O. The molecule has 0 saturated carbocycles. The second-order valence-electron chi connectivity index (χ2n) is 3.94. The maximum Gasteiger partial charge on any atom is 0.325 e. The maximum absolute atomic E-state index is 10.7. The van der Waals surface area contributed by atoms with Crippen LogP contribution in [0, 0.1) is 0 Å². The Bertz CT molecular complexity index is 351. The van der Waals surface area contributed by atoms with E-state index in [0.717, 1.165) is 5.75 Å². The van der Waals surface area contributed by atoms with E-state index in [1.807, 2.05) is 30.3 Å². The number of carboxylic acid groups (broad SMARTS) is 1. The van der Waals surface area contributed by atoms with Gasteiger partial charge >= 0.3 is 5.97 Å². The third kappa shape index (κ3) is 4.84. The number of para-hydroxylation sites is 1. The molecular weight excluding hydrogens is 222 g/mol. The van der Waals surface area contributed by atoms with E-state index in [9.17, 15) is 4.79 Å². The van der Waals surface area contributed by atoms with Crippen molar-refractivity contribution in [1.82, 2.24) is 0 Å². The highest BCUT2D eigenvalue weighted by molar-refractivity contribution is 5.77. The fourth-order valence-electron chi connectivity index (χ4n) is 1.08. The molecule has 1 aromatic carbocycles. The fraction of sp³-hybridized carbons (Fsp3) is 0.417. The highest BCUT2D eigenvalue weighted by atomic mass is 16.5. The summed E-state index contributed by atoms with van der Waals surface area (Å²) in [5.74, 6) is -0.327. The van der Waals surface area contributed by atoms with Crippen LogP contribution in [0.4, 0.5) is 0 Å². The monoisotopic (exact) mass is 239 g/mol. The largest absolute Gasteiger partial charge is 0.491 e. The van der Waals surface area contributed by atoms with Crippen molar-refractivity contribution < 1.29 is 19.4 Å². The van der Waals surface area contributed by atoms with Crippen molar-refractivity contribution in [3.63, 3.8) is 0 Å². The highest BCUT2D eigenvalue weighted by Gasteiger charge is 2.27. The van der Waals surface area contributed by atoms with Crippen LogP contribution in [0.15, 0.2) is 30.3 Å². The molecule has 0 heterocycles. The predicted octanol–water partition coefficient (Wildman–Crippen LogP) is 0.884. The molecule has 94 valence electrons. The van der Waals surface area contributed by atoms with Crippen LogP contribution in [-0.4, -0.2) is 36.4 Å². The van der Waals surface area contributed by atoms with Gasteiger partial charge in [0.2, 0.25) is 0 Å². The summed E-state index contributed by atoms with van der Waals surface area (Å²) in [7, 11) is 0. The van der Waals surface area contributed by atoms with Crippen LogP contribution in [0.25, 0.3) is 0 Å². The molecule has 1 rings (SSSR count). The molecule has 1 atom stereocenters. The van der Waals surface area contributed by atoms with Crippen molar-refractivity contribution in [3.8, 4) is 5.75 Å². The van der Waals surface area contributed by atoms with Crippen LogP contribution in [0.3, 0.4) is 0 Å². The van der Waals surface area contributed by atoms with Gasteiger partial charge < -0.3 is 20.3 Å². The zero-order chi connectivity index (χ0) is 12.7. The lowest BCUT2D eigenvalue weighted by Crippen LogP contribution is -2.49. The Labute approximate surface area is 100 Å². The molecule has 0 amide bonds. The van der Waals surface area contributed by atoms with Gasteiger partial charge in [-0.05, 0) is 19.1 Å². The first kappa shape index (κ1) is 13.5. The van der Waals surface area contributed by atoms with Crippen molar-refractivity contribution in [3.05, 3.63) is 30.3 Å². The zero-order valence-corrected chi connectivity index (χ0v) is 9.76. The van der Waals surface area contributed by atoms with Gasteiger partial charge in [0.05, 0.1) is 13.2 Å². The Morgan fingerprint density at radius 2 is 2.00 bits per heavy atom. The van der Waals surface area contributed by atoms with Gasteiger partial charge in [-0.2, -0.15) is 0 Å². The summed E-state index contributed by atoms with van der Waals surface area (Å²) in [5, 5.41) is 8.74. The molecule has 3 N–H and O–H groups in total. The summed E-state index contributed by atoms with van der Waals surface area (Å²) in [6.45, 7) is 2.03. The van der Waals surface area contributed by atoms with Crippen molar-refractivity contribution in [2.75, 3.05) is 19.8 Å². The molecule has 0 aliphatic rings. The number of nitrogens with two attached hydrogens (primary N) is 1. The molecule has 0 bridgehead atoms. The lowest BCUT2D eigenvalue weighted by atomic mass is 10.1. The molecular formula is C12H17NO4. The lowest BCUT2D eigenvalue weighted by Gasteiger charge is -2.18. The van der Waals surface area contributed by atoms with Crippen LogP contribution >= 0.6 is 0 Å². The van der Waals surface area contributed by atoms with E-state index in [-0.39, 0.29) is 6.61 Å². The van der Waals surface area contributed by atoms with E-state index >= 15 is 0 Å². The molecule has 0 fully saturated rings. The van der Waals surface area contributed by atoms with Crippen LogP contribution in [-0.2, 0) is 9.53 Å². The molecule has 1 unspecified atom stereocenters. The molecule has 0 radical (unpaired) electrons. The van der Waals surface area contributed by atoms with Gasteiger partial charge in [0.1, 0.15) is 17.9 Å². The smallest absolute Gasteiger partial charge is 0.325 e. The Morgan fingerprint density at radius 1 is 1.35 bits per heavy atom. The zero-order valence-electron chi connectivity index (χ0n) is 9.76. The number of carboxylic acids is 1. The van der Waals surface area contributed by atoms with Crippen LogP contribution in [0.2, 0.25) is 0 Å². The first-order valence-corrected chi connectivity index (χ1v) is 5.30. The summed E-state index contributed by atoms with van der Waals surface area (Å²) in [5.41, 5.74) is 4.13. The fourth-order valence-corrected chi connectivity index (χ4v) is 1.08. The molecule has 0 spiro atoms. The van der Waals surface area contributed by atoms with Crippen molar-refractivity contribution in [2.45, 2.75) is 12.5 Å². The van der Waals surface area contributed by atoms with E-state index in [0.29, 0.717) is 13.2 Å². The minimum atomic E-state index is -1.35. The van der Waals surface area contributed by atoms with Crippen LogP contribution in [0.1, 0.15) is 6.92 Å². The van der Waals surface area contributed by atoms with Crippen LogP contribution < -0.4 is 10.5 Å². The normalized spacial score (nSPS) is 14.0. The third-order valence-electron chi connectivity index (χ3n) is 2.13. The third-order valence-corrected chi connectivity index (χ3v) is 2.13. The quantitative estimate of drug-likeness (QED) is 0.690. The summed E-state index contributed by atoms with van der Waals surface area (Å²) in [4.78, 5) is 10.7. The number of ether oxygens (including phenoxy) is 2. The van der Waals surface area contributed by atoms with E-state index < -0.39 is 11.5 Å². The standard InChI is InChI=1S/C12H17NO4/c1-12(13,11(14)15)9-16-7-8-17-10-5-3-2-4-6-10/h2-6H,7-9,13H2,1H3,(H,14,15). The van der Waals surface area contributed by atoms with Crippen molar-refractivity contribution in [1.29, 1.82) is 0 Å². The second kappa shape index (κ2) is 6.22. The summed E-state index contributed by atoms with van der Waals surface area (Å²) >= 11 is 0. The second-order valence-corrected chi connectivity index (χ2v) is 3.94. The maximum atomic E-state index is 10.7. The number of benzene rings is 1. The molecule has 0 aliphatic heterocycles. The molecule has 17 heavy (non-hydrogen) atoms. The van der Waals surface area contributed by atoms with Crippen molar-refractivity contribution >= 4 is 5.97 Å². The molecule has 1 aromatic rings. The first-order valence-electron chi connectivity index (χ1n) is 5.30. The predicted molar refractivity (Wildman–Crippen MR) is 63.0 cm³/mol. The number of rotatable bonds is 7. The van der Waals surface area contributed by atoms with E-state index in [4.69, 9.17) is 20.3 Å². The Kier molecular flexibility index (Phi) is 4.93. The molecule has 5 nitrogen and oxygen atoms in total. The minimum absolute atomic E-state index is 0.0412. The van der Waals surface area contributed by atoms with Crippen molar-refractivity contribution in [2.24, 2.45) is 5.73 Å². The van der Waals surface area contributed by atoms with E-state index in [2.05, 4.69) is 0 Å². The summed E-state index contributed by atoms with van der Waals surface area (Å²) < 4.78 is 10.5. The Hall–Kier alpha value is -1.59. The average Bonchev–Trinajstić information content (AvgIpc) is 2.29.